The molecule has 1 aromatic carbocycles. The normalized spacial score (nSPS) is 10.7. The van der Waals surface area contributed by atoms with Gasteiger partial charge in [-0.05, 0) is 38.8 Å². The number of urea groups is 1. The van der Waals surface area contributed by atoms with E-state index in [1.807, 2.05) is 45.9 Å². The minimum absolute atomic E-state index is 0.00821. The summed E-state index contributed by atoms with van der Waals surface area (Å²) in [6, 6.07) is 5.56. The van der Waals surface area contributed by atoms with Crippen molar-refractivity contribution >= 4 is 29.0 Å². The topological polar surface area (TPSA) is 82.5 Å². The van der Waals surface area contributed by atoms with Gasteiger partial charge in [-0.15, -0.1) is 11.3 Å². The average Bonchev–Trinajstić information content (AvgIpc) is 2.97. The van der Waals surface area contributed by atoms with Crippen molar-refractivity contribution in [3.8, 4) is 0 Å². The molecule has 0 saturated heterocycles. The van der Waals surface area contributed by atoms with Gasteiger partial charge in [0.15, 0.2) is 5.69 Å². The molecule has 0 radical (unpaired) electrons. The number of hydrogen-bond acceptors (Lipinski definition) is 4. The van der Waals surface area contributed by atoms with Crippen LogP contribution in [0.3, 0.4) is 0 Å². The summed E-state index contributed by atoms with van der Waals surface area (Å²) in [7, 11) is 0. The van der Waals surface area contributed by atoms with E-state index in [0.717, 1.165) is 16.8 Å². The Hall–Kier alpha value is -2.41. The Labute approximate surface area is 145 Å². The van der Waals surface area contributed by atoms with Crippen LogP contribution in [0.25, 0.3) is 0 Å². The van der Waals surface area contributed by atoms with Gasteiger partial charge in [-0.1, -0.05) is 18.2 Å². The second-order valence-electron chi connectivity index (χ2n) is 5.85. The van der Waals surface area contributed by atoms with Gasteiger partial charge in [0, 0.05) is 17.1 Å². The molecule has 0 aliphatic carbocycles. The third-order valence-electron chi connectivity index (χ3n) is 3.67. The summed E-state index contributed by atoms with van der Waals surface area (Å²) in [5.74, 6) is -1.06. The van der Waals surface area contributed by atoms with E-state index < -0.39 is 5.97 Å². The summed E-state index contributed by atoms with van der Waals surface area (Å²) < 4.78 is 0. The Kier molecular flexibility index (Phi) is 5.56. The average molecular weight is 347 g/mol. The van der Waals surface area contributed by atoms with E-state index in [1.54, 1.807) is 4.90 Å². The van der Waals surface area contributed by atoms with Gasteiger partial charge < -0.3 is 15.3 Å². The molecule has 1 heterocycles. The van der Waals surface area contributed by atoms with Gasteiger partial charge in [-0.25, -0.2) is 14.6 Å². The number of thiazole rings is 1. The summed E-state index contributed by atoms with van der Waals surface area (Å²) in [5.41, 5.74) is 2.80. The molecule has 0 aliphatic rings. The zero-order valence-corrected chi connectivity index (χ0v) is 15.0. The molecule has 2 amide bonds. The highest BCUT2D eigenvalue weighted by Gasteiger charge is 2.21. The Morgan fingerprint density at radius 3 is 2.42 bits per heavy atom. The van der Waals surface area contributed by atoms with Crippen LogP contribution in [-0.4, -0.2) is 33.0 Å². The first-order chi connectivity index (χ1) is 11.3. The number of hydrogen-bond donors (Lipinski definition) is 2. The lowest BCUT2D eigenvalue weighted by Crippen LogP contribution is -2.39. The Bertz CT molecular complexity index is 735. The van der Waals surface area contributed by atoms with E-state index in [-0.39, 0.29) is 24.3 Å². The van der Waals surface area contributed by atoms with Crippen molar-refractivity contribution in [1.82, 2.24) is 9.88 Å². The number of anilines is 1. The highest BCUT2D eigenvalue weighted by Crippen LogP contribution is 2.21. The predicted octanol–water partition coefficient (Wildman–Crippen LogP) is 3.90. The molecule has 2 N–H and O–H groups in total. The van der Waals surface area contributed by atoms with Gasteiger partial charge in [-0.3, -0.25) is 0 Å². The van der Waals surface area contributed by atoms with Gasteiger partial charge >= 0.3 is 12.0 Å². The standard InChI is InChI=1S/C17H21N3O3S/c1-10(2)20(8-14-18-13(9-24-14)16(21)22)17(23)19-15-11(3)6-5-7-12(15)4/h5-7,9-10H,8H2,1-4H3,(H,19,23)(H,21,22). The first-order valence-corrected chi connectivity index (χ1v) is 8.49. The van der Waals surface area contributed by atoms with Crippen LogP contribution in [0.1, 0.15) is 40.5 Å². The van der Waals surface area contributed by atoms with Gasteiger partial charge in [0.2, 0.25) is 0 Å². The maximum absolute atomic E-state index is 12.7. The number of aryl methyl sites for hydroxylation is 2. The molecule has 24 heavy (non-hydrogen) atoms. The van der Waals surface area contributed by atoms with Crippen LogP contribution in [0.15, 0.2) is 23.6 Å². The fourth-order valence-electron chi connectivity index (χ4n) is 2.31. The van der Waals surface area contributed by atoms with E-state index in [0.29, 0.717) is 5.01 Å². The molecule has 2 aromatic rings. The summed E-state index contributed by atoms with van der Waals surface area (Å²) in [5, 5.41) is 14.0. The lowest BCUT2D eigenvalue weighted by Gasteiger charge is -2.27. The number of carboxylic acid groups (broad SMARTS) is 1. The van der Waals surface area contributed by atoms with Crippen molar-refractivity contribution in [2.75, 3.05) is 5.32 Å². The Balaban J connectivity index is 2.17. The largest absolute Gasteiger partial charge is 0.476 e. The number of nitrogens with one attached hydrogen (secondary N) is 1. The second kappa shape index (κ2) is 7.44. The highest BCUT2D eigenvalue weighted by atomic mass is 32.1. The summed E-state index contributed by atoms with van der Waals surface area (Å²) in [6.07, 6.45) is 0. The Morgan fingerprint density at radius 2 is 1.92 bits per heavy atom. The molecule has 0 unspecified atom stereocenters. The molecular weight excluding hydrogens is 326 g/mol. The van der Waals surface area contributed by atoms with Crippen LogP contribution in [0, 0.1) is 13.8 Å². The van der Waals surface area contributed by atoms with E-state index >= 15 is 0 Å². The third kappa shape index (κ3) is 4.11. The fourth-order valence-corrected chi connectivity index (χ4v) is 3.07. The van der Waals surface area contributed by atoms with Crippen molar-refractivity contribution in [2.45, 2.75) is 40.3 Å². The number of nitrogens with zero attached hydrogens (tertiary/aromatic N) is 2. The predicted molar refractivity (Wildman–Crippen MR) is 94.7 cm³/mol. The van der Waals surface area contributed by atoms with E-state index in [2.05, 4.69) is 10.3 Å². The molecule has 0 saturated carbocycles. The molecule has 0 aliphatic heterocycles. The van der Waals surface area contributed by atoms with E-state index in [9.17, 15) is 9.59 Å². The van der Waals surface area contributed by atoms with Gasteiger partial charge in [0.05, 0.1) is 6.54 Å². The molecule has 0 bridgehead atoms. The fraction of sp³-hybridized carbons (Fsp3) is 0.353. The number of benzene rings is 1. The van der Waals surface area contributed by atoms with Gasteiger partial charge in [0.1, 0.15) is 5.01 Å². The lowest BCUT2D eigenvalue weighted by molar-refractivity contribution is 0.0691. The maximum atomic E-state index is 12.7. The van der Waals surface area contributed by atoms with E-state index in [1.165, 1.54) is 16.7 Å². The molecule has 7 heteroatoms. The summed E-state index contributed by atoms with van der Waals surface area (Å²) in [4.78, 5) is 29.3. The van der Waals surface area contributed by atoms with Crippen molar-refractivity contribution in [1.29, 1.82) is 0 Å². The number of aromatic nitrogens is 1. The van der Waals surface area contributed by atoms with E-state index in [4.69, 9.17) is 5.11 Å². The van der Waals surface area contributed by atoms with Crippen molar-refractivity contribution < 1.29 is 14.7 Å². The molecule has 128 valence electrons. The lowest BCUT2D eigenvalue weighted by atomic mass is 10.1. The smallest absolute Gasteiger partial charge is 0.355 e. The molecule has 0 spiro atoms. The first kappa shape index (κ1) is 17.9. The number of carbonyl (C=O) groups is 2. The zero-order valence-electron chi connectivity index (χ0n) is 14.2. The van der Waals surface area contributed by atoms with Crippen LogP contribution < -0.4 is 5.32 Å². The number of carbonyl (C=O) groups excluding carboxylic acids is 1. The summed E-state index contributed by atoms with van der Waals surface area (Å²) in [6.45, 7) is 7.99. The van der Waals surface area contributed by atoms with Crippen molar-refractivity contribution in [3.63, 3.8) is 0 Å². The monoisotopic (exact) mass is 347 g/mol. The zero-order chi connectivity index (χ0) is 17.9. The quantitative estimate of drug-likeness (QED) is 0.859. The number of amides is 2. The molecule has 2 rings (SSSR count). The molecule has 1 aromatic heterocycles. The minimum Gasteiger partial charge on any atom is -0.476 e. The van der Waals surface area contributed by atoms with Gasteiger partial charge in [-0.2, -0.15) is 0 Å². The number of carboxylic acids is 1. The maximum Gasteiger partial charge on any atom is 0.355 e. The first-order valence-electron chi connectivity index (χ1n) is 7.61. The third-order valence-corrected chi connectivity index (χ3v) is 4.51. The van der Waals surface area contributed by atoms with Crippen LogP contribution in [0.5, 0.6) is 0 Å². The summed E-state index contributed by atoms with van der Waals surface area (Å²) >= 11 is 1.24. The number of aromatic carboxylic acids is 1. The van der Waals surface area contributed by atoms with Crippen LogP contribution in [-0.2, 0) is 6.54 Å². The molecule has 0 fully saturated rings. The second-order valence-corrected chi connectivity index (χ2v) is 6.79. The van der Waals surface area contributed by atoms with Crippen LogP contribution in [0.2, 0.25) is 0 Å². The Morgan fingerprint density at radius 1 is 1.29 bits per heavy atom. The number of para-hydroxylation sites is 1. The number of rotatable bonds is 5. The molecule has 6 nitrogen and oxygen atoms in total. The molecular formula is C17H21N3O3S. The van der Waals surface area contributed by atoms with Crippen molar-refractivity contribution in [2.24, 2.45) is 0 Å². The van der Waals surface area contributed by atoms with Crippen LogP contribution >= 0.6 is 11.3 Å². The minimum atomic E-state index is -1.06. The van der Waals surface area contributed by atoms with Gasteiger partial charge in [0.25, 0.3) is 0 Å². The highest BCUT2D eigenvalue weighted by molar-refractivity contribution is 7.09. The molecule has 0 atom stereocenters. The van der Waals surface area contributed by atoms with Crippen LogP contribution in [0.4, 0.5) is 10.5 Å². The van der Waals surface area contributed by atoms with Crippen molar-refractivity contribution in [3.05, 3.63) is 45.4 Å². The SMILES string of the molecule is Cc1cccc(C)c1NC(=O)N(Cc1nc(C(=O)O)cs1)C(C)C.